The summed E-state index contributed by atoms with van der Waals surface area (Å²) in [7, 11) is 0. The van der Waals surface area contributed by atoms with E-state index in [1.807, 2.05) is 0 Å². The Balaban J connectivity index is 2.09. The number of fused-ring (bicyclic) bond motifs is 2. The highest BCUT2D eigenvalue weighted by Gasteiger charge is 2.40. The molecular formula is C10H19NO. The van der Waals surface area contributed by atoms with E-state index in [2.05, 4.69) is 18.7 Å². The molecule has 0 aromatic carbocycles. The van der Waals surface area contributed by atoms with Gasteiger partial charge in [0.1, 0.15) is 0 Å². The Morgan fingerprint density at radius 1 is 1.17 bits per heavy atom. The normalized spacial score (nSPS) is 42.5. The topological polar surface area (TPSA) is 23.5 Å². The molecule has 0 aromatic heterocycles. The Morgan fingerprint density at radius 3 is 2.08 bits per heavy atom. The van der Waals surface area contributed by atoms with Gasteiger partial charge in [0, 0.05) is 18.1 Å². The van der Waals surface area contributed by atoms with Gasteiger partial charge in [0.25, 0.3) is 0 Å². The summed E-state index contributed by atoms with van der Waals surface area (Å²) in [6.07, 6.45) is 4.61. The molecule has 2 saturated heterocycles. The van der Waals surface area contributed by atoms with Crippen molar-refractivity contribution in [2.45, 2.75) is 63.8 Å². The van der Waals surface area contributed by atoms with Crippen molar-refractivity contribution in [1.29, 1.82) is 0 Å². The van der Waals surface area contributed by atoms with Crippen molar-refractivity contribution >= 4 is 0 Å². The van der Waals surface area contributed by atoms with Gasteiger partial charge >= 0.3 is 0 Å². The second-order valence-corrected chi connectivity index (χ2v) is 4.55. The highest BCUT2D eigenvalue weighted by Crippen LogP contribution is 2.36. The highest BCUT2D eigenvalue weighted by molar-refractivity contribution is 4.96. The molecule has 2 nitrogen and oxygen atoms in total. The zero-order valence-electron chi connectivity index (χ0n) is 8.03. The first-order valence-electron chi connectivity index (χ1n) is 5.14. The van der Waals surface area contributed by atoms with E-state index in [-0.39, 0.29) is 6.10 Å². The second kappa shape index (κ2) is 3.00. The summed E-state index contributed by atoms with van der Waals surface area (Å²) >= 11 is 0. The van der Waals surface area contributed by atoms with Crippen LogP contribution in [0.3, 0.4) is 0 Å². The smallest absolute Gasteiger partial charge is 0.0570 e. The zero-order chi connectivity index (χ0) is 8.72. The Bertz CT molecular complexity index is 155. The number of hydrogen-bond acceptors (Lipinski definition) is 2. The third kappa shape index (κ3) is 1.27. The van der Waals surface area contributed by atoms with E-state index in [0.717, 1.165) is 12.8 Å². The highest BCUT2D eigenvalue weighted by atomic mass is 16.3. The maximum atomic E-state index is 9.56. The third-order valence-corrected chi connectivity index (χ3v) is 3.36. The number of rotatable bonds is 1. The van der Waals surface area contributed by atoms with Crippen LogP contribution in [0.15, 0.2) is 0 Å². The van der Waals surface area contributed by atoms with Crippen molar-refractivity contribution in [2.75, 3.05) is 0 Å². The van der Waals surface area contributed by atoms with E-state index < -0.39 is 0 Å². The van der Waals surface area contributed by atoms with Crippen LogP contribution in [0.25, 0.3) is 0 Å². The summed E-state index contributed by atoms with van der Waals surface area (Å²) in [6.45, 7) is 4.53. The van der Waals surface area contributed by atoms with Crippen molar-refractivity contribution in [3.63, 3.8) is 0 Å². The molecule has 70 valence electrons. The predicted octanol–water partition coefficient (Wildman–Crippen LogP) is 1.38. The Kier molecular flexibility index (Phi) is 2.13. The molecule has 3 atom stereocenters. The number of aliphatic hydroxyl groups excluding tert-OH is 1. The third-order valence-electron chi connectivity index (χ3n) is 3.36. The summed E-state index contributed by atoms with van der Waals surface area (Å²) in [6, 6.07) is 2.02. The van der Waals surface area contributed by atoms with Crippen LogP contribution in [0.1, 0.15) is 39.5 Å². The van der Waals surface area contributed by atoms with Crippen LogP contribution in [0.5, 0.6) is 0 Å². The van der Waals surface area contributed by atoms with Crippen LogP contribution in [0.4, 0.5) is 0 Å². The summed E-state index contributed by atoms with van der Waals surface area (Å²) in [5.41, 5.74) is 0. The first kappa shape index (κ1) is 8.52. The molecule has 2 rings (SSSR count). The Morgan fingerprint density at radius 2 is 1.67 bits per heavy atom. The molecule has 0 saturated carbocycles. The lowest BCUT2D eigenvalue weighted by Gasteiger charge is -2.39. The van der Waals surface area contributed by atoms with Gasteiger partial charge in [0.2, 0.25) is 0 Å². The minimum Gasteiger partial charge on any atom is -0.393 e. The Hall–Kier alpha value is -0.0800. The SMILES string of the molecule is CC(C)N1[C@@H]2CC[C@H]1C[C@H](O)C2. The van der Waals surface area contributed by atoms with E-state index >= 15 is 0 Å². The van der Waals surface area contributed by atoms with Gasteiger partial charge in [-0.15, -0.1) is 0 Å². The molecule has 12 heavy (non-hydrogen) atoms. The summed E-state index contributed by atoms with van der Waals surface area (Å²) in [4.78, 5) is 2.60. The van der Waals surface area contributed by atoms with Gasteiger partial charge in [-0.05, 0) is 39.5 Å². The van der Waals surface area contributed by atoms with Gasteiger partial charge in [-0.2, -0.15) is 0 Å². The predicted molar refractivity (Wildman–Crippen MR) is 49.0 cm³/mol. The van der Waals surface area contributed by atoms with Gasteiger partial charge < -0.3 is 5.11 Å². The molecule has 0 amide bonds. The monoisotopic (exact) mass is 169 g/mol. The van der Waals surface area contributed by atoms with Gasteiger partial charge in [0.15, 0.2) is 0 Å². The van der Waals surface area contributed by atoms with Crippen LogP contribution in [0.2, 0.25) is 0 Å². The first-order chi connectivity index (χ1) is 5.68. The van der Waals surface area contributed by atoms with Crippen LogP contribution >= 0.6 is 0 Å². The molecule has 1 N–H and O–H groups in total. The van der Waals surface area contributed by atoms with E-state index in [1.54, 1.807) is 0 Å². The van der Waals surface area contributed by atoms with Crippen molar-refractivity contribution in [3.05, 3.63) is 0 Å². The van der Waals surface area contributed by atoms with Crippen molar-refractivity contribution in [2.24, 2.45) is 0 Å². The molecule has 0 aromatic rings. The molecule has 2 heterocycles. The zero-order valence-corrected chi connectivity index (χ0v) is 8.03. The Labute approximate surface area is 74.6 Å². The van der Waals surface area contributed by atoms with E-state index in [4.69, 9.17) is 0 Å². The van der Waals surface area contributed by atoms with Crippen molar-refractivity contribution in [3.8, 4) is 0 Å². The number of nitrogens with zero attached hydrogens (tertiary/aromatic N) is 1. The lowest BCUT2D eigenvalue weighted by Crippen LogP contribution is -2.48. The minimum absolute atomic E-state index is 0.0162. The van der Waals surface area contributed by atoms with E-state index in [0.29, 0.717) is 18.1 Å². The van der Waals surface area contributed by atoms with Crippen LogP contribution < -0.4 is 0 Å². The molecule has 0 unspecified atom stereocenters. The standard InChI is InChI=1S/C10H19NO/c1-7(2)11-8-3-4-9(11)6-10(12)5-8/h7-10,12H,3-6H2,1-2H3/t8-,9+,10-. The summed E-state index contributed by atoms with van der Waals surface area (Å²) in [5, 5.41) is 9.56. The molecule has 2 fully saturated rings. The number of aliphatic hydroxyl groups is 1. The van der Waals surface area contributed by atoms with Crippen LogP contribution in [-0.4, -0.2) is 34.2 Å². The fourth-order valence-electron chi connectivity index (χ4n) is 3.03. The van der Waals surface area contributed by atoms with Gasteiger partial charge in [-0.1, -0.05) is 0 Å². The van der Waals surface area contributed by atoms with Crippen molar-refractivity contribution in [1.82, 2.24) is 4.90 Å². The number of piperidine rings is 1. The molecule has 2 aliphatic rings. The fraction of sp³-hybridized carbons (Fsp3) is 1.00. The molecule has 2 heteroatoms. The average Bonchev–Trinajstić information content (AvgIpc) is 2.24. The largest absolute Gasteiger partial charge is 0.393 e. The van der Waals surface area contributed by atoms with Crippen LogP contribution in [0, 0.1) is 0 Å². The van der Waals surface area contributed by atoms with Gasteiger partial charge in [-0.3, -0.25) is 4.90 Å². The maximum Gasteiger partial charge on any atom is 0.0570 e. The second-order valence-electron chi connectivity index (χ2n) is 4.55. The first-order valence-corrected chi connectivity index (χ1v) is 5.14. The van der Waals surface area contributed by atoms with E-state index in [1.165, 1.54) is 12.8 Å². The minimum atomic E-state index is -0.0162. The lowest BCUT2D eigenvalue weighted by molar-refractivity contribution is 0.0187. The maximum absolute atomic E-state index is 9.56. The van der Waals surface area contributed by atoms with Gasteiger partial charge in [0.05, 0.1) is 6.10 Å². The average molecular weight is 169 g/mol. The molecule has 2 aliphatic heterocycles. The molecule has 0 radical (unpaired) electrons. The lowest BCUT2D eigenvalue weighted by atomic mass is 9.98. The number of hydrogen-bond donors (Lipinski definition) is 1. The van der Waals surface area contributed by atoms with Gasteiger partial charge in [-0.25, -0.2) is 0 Å². The summed E-state index contributed by atoms with van der Waals surface area (Å²) < 4.78 is 0. The van der Waals surface area contributed by atoms with Crippen LogP contribution in [-0.2, 0) is 0 Å². The fourth-order valence-corrected chi connectivity index (χ4v) is 3.03. The molecule has 2 bridgehead atoms. The molecule has 0 spiro atoms. The van der Waals surface area contributed by atoms with Crippen molar-refractivity contribution < 1.29 is 5.11 Å². The molecule has 0 aliphatic carbocycles. The quantitative estimate of drug-likeness (QED) is 0.641. The molecular weight excluding hydrogens is 150 g/mol. The summed E-state index contributed by atoms with van der Waals surface area (Å²) in [5.74, 6) is 0. The van der Waals surface area contributed by atoms with E-state index in [9.17, 15) is 5.11 Å².